The Hall–Kier alpha value is -0.920. The number of esters is 1. The highest BCUT2D eigenvalue weighted by Gasteiger charge is 2.34. The maximum absolute atomic E-state index is 12.0. The molecule has 26 heavy (non-hydrogen) atoms. The Bertz CT molecular complexity index is 581. The van der Waals surface area contributed by atoms with Crippen LogP contribution in [-0.4, -0.2) is 42.8 Å². The van der Waals surface area contributed by atoms with E-state index in [0.29, 0.717) is 26.2 Å². The second-order valence-corrected chi connectivity index (χ2v) is 6.65. The van der Waals surface area contributed by atoms with Crippen LogP contribution in [0.25, 0.3) is 0 Å². The third kappa shape index (κ3) is 6.06. The molecule has 1 aromatic heterocycles. The molecule has 1 aromatic rings. The molecule has 2 aliphatic rings. The molecule has 8 heteroatoms. The Kier molecular flexibility index (Phi) is 9.82. The number of fused-ring (bicyclic) bond motifs is 1. The molecule has 0 spiro atoms. The van der Waals surface area contributed by atoms with Crippen LogP contribution < -0.4 is 10.6 Å². The zero-order valence-electron chi connectivity index (χ0n) is 15.2. The fourth-order valence-electron chi connectivity index (χ4n) is 3.50. The van der Waals surface area contributed by atoms with Gasteiger partial charge in [-0.3, -0.25) is 9.78 Å². The van der Waals surface area contributed by atoms with Gasteiger partial charge in [0.2, 0.25) is 0 Å². The third-order valence-electron chi connectivity index (χ3n) is 4.79. The minimum Gasteiger partial charge on any atom is -0.466 e. The highest BCUT2D eigenvalue weighted by molar-refractivity contribution is 5.85. The van der Waals surface area contributed by atoms with Gasteiger partial charge in [-0.2, -0.15) is 0 Å². The monoisotopic (exact) mass is 405 g/mol. The van der Waals surface area contributed by atoms with Crippen LogP contribution in [0, 0.1) is 0 Å². The van der Waals surface area contributed by atoms with Crippen LogP contribution >= 0.6 is 24.8 Å². The highest BCUT2D eigenvalue weighted by Crippen LogP contribution is 2.22. The van der Waals surface area contributed by atoms with Crippen molar-refractivity contribution in [2.75, 3.05) is 26.3 Å². The molecule has 2 aliphatic heterocycles. The molecule has 0 saturated carbocycles. The van der Waals surface area contributed by atoms with E-state index in [1.165, 1.54) is 5.56 Å². The fraction of sp³-hybridized carbons (Fsp3) is 0.667. The summed E-state index contributed by atoms with van der Waals surface area (Å²) in [6.45, 7) is 6.16. The number of nitrogens with zero attached hydrogens (tertiary/aromatic N) is 1. The van der Waals surface area contributed by atoms with Crippen molar-refractivity contribution in [3.05, 3.63) is 29.1 Å². The second kappa shape index (κ2) is 11.0. The van der Waals surface area contributed by atoms with E-state index in [4.69, 9.17) is 9.47 Å². The number of carbonyl (C=O) groups is 1. The highest BCUT2D eigenvalue weighted by atomic mass is 35.5. The number of carbonyl (C=O) groups excluding carboxylic acids is 1. The smallest absolute Gasteiger partial charge is 0.307 e. The van der Waals surface area contributed by atoms with Crippen LogP contribution in [0.2, 0.25) is 0 Å². The standard InChI is InChI=1S/C18H27N3O3.2ClH/c1-2-24-17(22)9-18(5-3-6-19-13-18)21-11-14-8-15-12-23-7-4-16(15)20-10-14;;/h8,10,19,21H,2-7,9,11-13H2,1H3;2*1H. The summed E-state index contributed by atoms with van der Waals surface area (Å²) in [5.74, 6) is -0.134. The largest absolute Gasteiger partial charge is 0.466 e. The van der Waals surface area contributed by atoms with Crippen molar-refractivity contribution in [2.45, 2.75) is 51.3 Å². The molecule has 1 fully saturated rings. The Morgan fingerprint density at radius 3 is 3.04 bits per heavy atom. The predicted molar refractivity (Wildman–Crippen MR) is 105 cm³/mol. The number of piperidine rings is 1. The van der Waals surface area contributed by atoms with Crippen molar-refractivity contribution < 1.29 is 14.3 Å². The molecule has 0 amide bonds. The van der Waals surface area contributed by atoms with Crippen LogP contribution in [0.3, 0.4) is 0 Å². The normalized spacial score (nSPS) is 21.7. The molecule has 0 aromatic carbocycles. The van der Waals surface area contributed by atoms with Crippen molar-refractivity contribution in [3.63, 3.8) is 0 Å². The SMILES string of the molecule is CCOC(=O)CC1(NCc2cnc3c(c2)COCC3)CCCNC1.Cl.Cl. The van der Waals surface area contributed by atoms with E-state index in [1.807, 2.05) is 13.1 Å². The van der Waals surface area contributed by atoms with E-state index in [1.54, 1.807) is 0 Å². The Labute approximate surface area is 167 Å². The quantitative estimate of drug-likeness (QED) is 0.706. The van der Waals surface area contributed by atoms with E-state index in [2.05, 4.69) is 21.7 Å². The van der Waals surface area contributed by atoms with Gasteiger partial charge >= 0.3 is 5.97 Å². The van der Waals surface area contributed by atoms with Gasteiger partial charge in [-0.05, 0) is 43.5 Å². The Morgan fingerprint density at radius 1 is 1.46 bits per heavy atom. The minimum absolute atomic E-state index is 0. The van der Waals surface area contributed by atoms with Gasteiger partial charge in [0, 0.05) is 36.9 Å². The summed E-state index contributed by atoms with van der Waals surface area (Å²) in [5, 5.41) is 7.01. The van der Waals surface area contributed by atoms with Crippen molar-refractivity contribution in [3.8, 4) is 0 Å². The lowest BCUT2D eigenvalue weighted by Gasteiger charge is -2.38. The molecule has 0 aliphatic carbocycles. The van der Waals surface area contributed by atoms with Gasteiger partial charge in [-0.15, -0.1) is 24.8 Å². The maximum atomic E-state index is 12.0. The lowest BCUT2D eigenvalue weighted by Crippen LogP contribution is -2.56. The van der Waals surface area contributed by atoms with Crippen LogP contribution in [0.15, 0.2) is 12.3 Å². The molecule has 2 N–H and O–H groups in total. The maximum Gasteiger partial charge on any atom is 0.307 e. The summed E-state index contributed by atoms with van der Waals surface area (Å²) in [5.41, 5.74) is 3.22. The summed E-state index contributed by atoms with van der Waals surface area (Å²) in [4.78, 5) is 16.6. The van der Waals surface area contributed by atoms with Gasteiger partial charge in [0.05, 0.1) is 26.2 Å². The summed E-state index contributed by atoms with van der Waals surface area (Å²) in [7, 11) is 0. The summed E-state index contributed by atoms with van der Waals surface area (Å²) >= 11 is 0. The number of hydrogen-bond donors (Lipinski definition) is 2. The number of hydrogen-bond acceptors (Lipinski definition) is 6. The number of ether oxygens (including phenoxy) is 2. The number of pyridine rings is 1. The first-order chi connectivity index (χ1) is 11.7. The van der Waals surface area contributed by atoms with Gasteiger partial charge in [-0.1, -0.05) is 0 Å². The molecule has 6 nitrogen and oxygen atoms in total. The van der Waals surface area contributed by atoms with Crippen LogP contribution in [-0.2, 0) is 33.8 Å². The lowest BCUT2D eigenvalue weighted by atomic mass is 9.86. The minimum atomic E-state index is -0.239. The van der Waals surface area contributed by atoms with Crippen molar-refractivity contribution in [1.82, 2.24) is 15.6 Å². The summed E-state index contributed by atoms with van der Waals surface area (Å²) < 4.78 is 10.7. The van der Waals surface area contributed by atoms with E-state index in [-0.39, 0.29) is 36.3 Å². The summed E-state index contributed by atoms with van der Waals surface area (Å²) in [6, 6.07) is 2.17. The van der Waals surface area contributed by atoms with Crippen LogP contribution in [0.1, 0.15) is 43.0 Å². The number of rotatable bonds is 6. The van der Waals surface area contributed by atoms with Crippen molar-refractivity contribution in [1.29, 1.82) is 0 Å². The Balaban J connectivity index is 0.00000169. The molecule has 3 rings (SSSR count). The molecule has 0 radical (unpaired) electrons. The molecule has 0 bridgehead atoms. The molecular formula is C18H29Cl2N3O3. The molecule has 148 valence electrons. The van der Waals surface area contributed by atoms with Gasteiger partial charge in [0.25, 0.3) is 0 Å². The molecular weight excluding hydrogens is 377 g/mol. The van der Waals surface area contributed by atoms with Gasteiger partial charge in [-0.25, -0.2) is 0 Å². The second-order valence-electron chi connectivity index (χ2n) is 6.65. The average Bonchev–Trinajstić information content (AvgIpc) is 2.61. The van der Waals surface area contributed by atoms with Crippen molar-refractivity contribution >= 4 is 30.8 Å². The summed E-state index contributed by atoms with van der Waals surface area (Å²) in [6.07, 6.45) is 5.25. The van der Waals surface area contributed by atoms with Gasteiger partial charge in [0.15, 0.2) is 0 Å². The van der Waals surface area contributed by atoms with Crippen molar-refractivity contribution in [2.24, 2.45) is 0 Å². The molecule has 3 heterocycles. The van der Waals surface area contributed by atoms with Gasteiger partial charge in [0.1, 0.15) is 0 Å². The number of halogens is 2. The van der Waals surface area contributed by atoms with E-state index in [0.717, 1.165) is 50.2 Å². The zero-order chi connectivity index (χ0) is 16.8. The Morgan fingerprint density at radius 2 is 2.31 bits per heavy atom. The first-order valence-corrected chi connectivity index (χ1v) is 8.86. The van der Waals surface area contributed by atoms with E-state index >= 15 is 0 Å². The van der Waals surface area contributed by atoms with Crippen LogP contribution in [0.5, 0.6) is 0 Å². The lowest BCUT2D eigenvalue weighted by molar-refractivity contribution is -0.145. The third-order valence-corrected chi connectivity index (χ3v) is 4.79. The first kappa shape index (κ1) is 23.1. The van der Waals surface area contributed by atoms with Crippen LogP contribution in [0.4, 0.5) is 0 Å². The fourth-order valence-corrected chi connectivity index (χ4v) is 3.50. The van der Waals surface area contributed by atoms with E-state index < -0.39 is 0 Å². The van der Waals surface area contributed by atoms with E-state index in [9.17, 15) is 4.79 Å². The molecule has 1 unspecified atom stereocenters. The number of aromatic nitrogens is 1. The zero-order valence-corrected chi connectivity index (χ0v) is 16.8. The topological polar surface area (TPSA) is 72.5 Å². The predicted octanol–water partition coefficient (Wildman–Crippen LogP) is 2.16. The average molecular weight is 406 g/mol. The van der Waals surface area contributed by atoms with Gasteiger partial charge < -0.3 is 20.1 Å². The molecule has 1 saturated heterocycles. The first-order valence-electron chi connectivity index (χ1n) is 8.86. The number of nitrogens with one attached hydrogen (secondary N) is 2. The molecule has 1 atom stereocenters.